The minimum atomic E-state index is -0.219. The minimum absolute atomic E-state index is 0.000373. The Hall–Kier alpha value is -2.56. The first-order valence-corrected chi connectivity index (χ1v) is 6.69. The van der Waals surface area contributed by atoms with Crippen molar-refractivity contribution in [2.75, 3.05) is 0 Å². The molecule has 5 nitrogen and oxygen atoms in total. The van der Waals surface area contributed by atoms with Crippen LogP contribution < -0.4 is 4.74 Å². The van der Waals surface area contributed by atoms with Gasteiger partial charge in [-0.05, 0) is 24.1 Å². The van der Waals surface area contributed by atoms with Gasteiger partial charge in [0.1, 0.15) is 23.9 Å². The fraction of sp³-hybridized carbons (Fsp3) is 0.250. The third kappa shape index (κ3) is 3.51. The van der Waals surface area contributed by atoms with Gasteiger partial charge in [-0.3, -0.25) is 0 Å². The van der Waals surface area contributed by atoms with Crippen molar-refractivity contribution >= 4 is 0 Å². The van der Waals surface area contributed by atoms with Crippen LogP contribution in [-0.2, 0) is 13.0 Å². The summed E-state index contributed by atoms with van der Waals surface area (Å²) in [6, 6.07) is 7.13. The highest BCUT2D eigenvalue weighted by atomic mass is 16.5. The first kappa shape index (κ1) is 14.8. The Morgan fingerprint density at radius 1 is 0.905 bits per heavy atom. The van der Waals surface area contributed by atoms with Gasteiger partial charge in [0.2, 0.25) is 0 Å². The maximum atomic E-state index is 9.87. The largest absolute Gasteiger partial charge is 0.508 e. The molecule has 0 aliphatic carbocycles. The fourth-order valence-corrected chi connectivity index (χ4v) is 2.07. The molecule has 112 valence electrons. The van der Waals surface area contributed by atoms with Crippen molar-refractivity contribution < 1.29 is 25.2 Å². The van der Waals surface area contributed by atoms with Crippen molar-refractivity contribution in [1.29, 1.82) is 0 Å². The van der Waals surface area contributed by atoms with E-state index in [9.17, 15) is 20.4 Å². The van der Waals surface area contributed by atoms with Crippen molar-refractivity contribution in [3.8, 4) is 28.7 Å². The molecule has 0 aliphatic rings. The molecule has 0 atom stereocenters. The summed E-state index contributed by atoms with van der Waals surface area (Å²) in [5, 5.41) is 38.1. The monoisotopic (exact) mass is 290 g/mol. The number of benzene rings is 2. The molecule has 0 unspecified atom stereocenters. The predicted molar refractivity (Wildman–Crippen MR) is 77.9 cm³/mol. The van der Waals surface area contributed by atoms with Crippen LogP contribution in [0.1, 0.15) is 24.5 Å². The van der Waals surface area contributed by atoms with Gasteiger partial charge in [0.05, 0.1) is 0 Å². The van der Waals surface area contributed by atoms with Gasteiger partial charge >= 0.3 is 0 Å². The molecule has 0 saturated heterocycles. The fourth-order valence-electron chi connectivity index (χ4n) is 2.07. The Morgan fingerprint density at radius 2 is 1.67 bits per heavy atom. The summed E-state index contributed by atoms with van der Waals surface area (Å²) in [4.78, 5) is 0. The quantitative estimate of drug-likeness (QED) is 0.635. The Bertz CT molecular complexity index is 637. The van der Waals surface area contributed by atoms with Crippen LogP contribution in [-0.4, -0.2) is 20.4 Å². The number of ether oxygens (including phenoxy) is 1. The van der Waals surface area contributed by atoms with Gasteiger partial charge in [-0.15, -0.1) is 0 Å². The van der Waals surface area contributed by atoms with Gasteiger partial charge < -0.3 is 25.2 Å². The highest BCUT2D eigenvalue weighted by molar-refractivity contribution is 5.49. The lowest BCUT2D eigenvalue weighted by molar-refractivity contribution is 0.296. The van der Waals surface area contributed by atoms with E-state index in [1.54, 1.807) is 6.07 Å². The van der Waals surface area contributed by atoms with Crippen molar-refractivity contribution in [3.05, 3.63) is 41.5 Å². The molecule has 2 aromatic rings. The zero-order valence-electron chi connectivity index (χ0n) is 11.7. The molecule has 0 aromatic heterocycles. The summed E-state index contributed by atoms with van der Waals surface area (Å²) in [6.45, 7) is 2.13. The van der Waals surface area contributed by atoms with Crippen LogP contribution in [0.4, 0.5) is 0 Å². The van der Waals surface area contributed by atoms with Crippen molar-refractivity contribution in [2.24, 2.45) is 0 Å². The van der Waals surface area contributed by atoms with E-state index in [-0.39, 0.29) is 29.6 Å². The van der Waals surface area contributed by atoms with Crippen LogP contribution in [0.3, 0.4) is 0 Å². The van der Waals surface area contributed by atoms with E-state index in [0.717, 1.165) is 6.42 Å². The lowest BCUT2D eigenvalue weighted by Gasteiger charge is -2.13. The van der Waals surface area contributed by atoms with Gasteiger partial charge in [-0.25, -0.2) is 0 Å². The second kappa shape index (κ2) is 6.26. The molecule has 5 heteroatoms. The summed E-state index contributed by atoms with van der Waals surface area (Å²) < 4.78 is 5.62. The standard InChI is InChI=1S/C16H18O5/c1-2-3-12-14(19)7-11(17)8-16(12)21-9-10-4-5-13(18)15(20)6-10/h4-8,17-20H,2-3,9H2,1H3. The summed E-state index contributed by atoms with van der Waals surface area (Å²) in [7, 11) is 0. The third-order valence-electron chi connectivity index (χ3n) is 3.10. The average Bonchev–Trinajstić information content (AvgIpc) is 2.43. The van der Waals surface area contributed by atoms with E-state index in [1.807, 2.05) is 6.92 Å². The molecule has 21 heavy (non-hydrogen) atoms. The molecular weight excluding hydrogens is 272 g/mol. The SMILES string of the molecule is CCCc1c(O)cc(O)cc1OCc1ccc(O)c(O)c1. The summed E-state index contributed by atoms with van der Waals surface area (Å²) >= 11 is 0. The second-order valence-electron chi connectivity index (χ2n) is 4.80. The Balaban J connectivity index is 2.20. The summed E-state index contributed by atoms with van der Waals surface area (Å²) in [5.74, 6) is -0.0812. The van der Waals surface area contributed by atoms with E-state index in [1.165, 1.54) is 24.3 Å². The first-order chi connectivity index (χ1) is 10.0. The van der Waals surface area contributed by atoms with E-state index in [0.29, 0.717) is 23.3 Å². The first-order valence-electron chi connectivity index (χ1n) is 6.69. The number of hydrogen-bond donors (Lipinski definition) is 4. The topological polar surface area (TPSA) is 90.2 Å². The van der Waals surface area contributed by atoms with Crippen LogP contribution in [0.25, 0.3) is 0 Å². The Morgan fingerprint density at radius 3 is 2.33 bits per heavy atom. The highest BCUT2D eigenvalue weighted by Gasteiger charge is 2.11. The van der Waals surface area contributed by atoms with Crippen molar-refractivity contribution in [1.82, 2.24) is 0 Å². The molecule has 0 heterocycles. The summed E-state index contributed by atoms with van der Waals surface area (Å²) in [5.41, 5.74) is 1.30. The molecule has 4 N–H and O–H groups in total. The van der Waals surface area contributed by atoms with Crippen molar-refractivity contribution in [2.45, 2.75) is 26.4 Å². The normalized spacial score (nSPS) is 10.5. The van der Waals surface area contributed by atoms with E-state index in [2.05, 4.69) is 0 Å². The van der Waals surface area contributed by atoms with Crippen LogP contribution in [0, 0.1) is 0 Å². The molecule has 2 aromatic carbocycles. The molecule has 0 spiro atoms. The Kier molecular flexibility index (Phi) is 4.42. The number of phenolic OH excluding ortho intramolecular Hbond substituents is 4. The minimum Gasteiger partial charge on any atom is -0.508 e. The van der Waals surface area contributed by atoms with Crippen LogP contribution in [0.2, 0.25) is 0 Å². The molecule has 0 fully saturated rings. The van der Waals surface area contributed by atoms with Gasteiger partial charge in [0, 0.05) is 17.7 Å². The van der Waals surface area contributed by atoms with Gasteiger partial charge in [-0.2, -0.15) is 0 Å². The zero-order chi connectivity index (χ0) is 15.4. The highest BCUT2D eigenvalue weighted by Crippen LogP contribution is 2.34. The number of aromatic hydroxyl groups is 4. The van der Waals surface area contributed by atoms with Gasteiger partial charge in [0.15, 0.2) is 11.5 Å². The molecule has 0 aliphatic heterocycles. The molecular formula is C16H18O5. The molecule has 0 radical (unpaired) electrons. The lowest BCUT2D eigenvalue weighted by atomic mass is 10.1. The van der Waals surface area contributed by atoms with E-state index < -0.39 is 0 Å². The van der Waals surface area contributed by atoms with Crippen LogP contribution >= 0.6 is 0 Å². The Labute approximate surface area is 122 Å². The van der Waals surface area contributed by atoms with E-state index in [4.69, 9.17) is 4.74 Å². The van der Waals surface area contributed by atoms with Crippen LogP contribution in [0.15, 0.2) is 30.3 Å². The third-order valence-corrected chi connectivity index (χ3v) is 3.10. The smallest absolute Gasteiger partial charge is 0.157 e. The number of hydrogen-bond acceptors (Lipinski definition) is 5. The maximum absolute atomic E-state index is 9.87. The van der Waals surface area contributed by atoms with Crippen molar-refractivity contribution in [3.63, 3.8) is 0 Å². The second-order valence-corrected chi connectivity index (χ2v) is 4.80. The van der Waals surface area contributed by atoms with Gasteiger partial charge in [-0.1, -0.05) is 19.4 Å². The number of phenols is 4. The predicted octanol–water partition coefficient (Wildman–Crippen LogP) is 3.04. The lowest BCUT2D eigenvalue weighted by Crippen LogP contribution is -1.99. The molecule has 0 bridgehead atoms. The summed E-state index contributed by atoms with van der Waals surface area (Å²) in [6.07, 6.45) is 1.46. The maximum Gasteiger partial charge on any atom is 0.157 e. The molecule has 2 rings (SSSR count). The molecule has 0 saturated carbocycles. The molecule has 0 amide bonds. The zero-order valence-corrected chi connectivity index (χ0v) is 11.7. The van der Waals surface area contributed by atoms with Crippen LogP contribution in [0.5, 0.6) is 28.7 Å². The van der Waals surface area contributed by atoms with Gasteiger partial charge in [0.25, 0.3) is 0 Å². The average molecular weight is 290 g/mol. The number of rotatable bonds is 5. The van der Waals surface area contributed by atoms with E-state index >= 15 is 0 Å².